The zero-order valence-electron chi connectivity index (χ0n) is 12.4. The van der Waals surface area contributed by atoms with Crippen LogP contribution in [-0.2, 0) is 0 Å². The lowest BCUT2D eigenvalue weighted by molar-refractivity contribution is 0.0683. The van der Waals surface area contributed by atoms with Gasteiger partial charge in [0.2, 0.25) is 0 Å². The number of carbonyl (C=O) groups is 2. The van der Waals surface area contributed by atoms with E-state index in [2.05, 4.69) is 4.98 Å². The van der Waals surface area contributed by atoms with E-state index in [-0.39, 0.29) is 16.9 Å². The standard InChI is InChI=1S/C16H15NO5/c1-8-6-12(17-9(2)14(8)16(20)21)10-4-5-11(15(18)19)13(7-10)22-3/h4-7H,1-3H3,(H,18,19)(H,20,21). The van der Waals surface area contributed by atoms with Gasteiger partial charge in [0.05, 0.1) is 24.1 Å². The van der Waals surface area contributed by atoms with Crippen molar-refractivity contribution in [3.05, 3.63) is 46.6 Å². The molecule has 0 unspecified atom stereocenters. The predicted octanol–water partition coefficient (Wildman–Crippen LogP) is 2.77. The van der Waals surface area contributed by atoms with E-state index in [1.807, 2.05) is 0 Å². The van der Waals surface area contributed by atoms with Crippen LogP contribution in [0.4, 0.5) is 0 Å². The number of carboxylic acid groups (broad SMARTS) is 2. The summed E-state index contributed by atoms with van der Waals surface area (Å²) in [6, 6.07) is 6.29. The zero-order valence-corrected chi connectivity index (χ0v) is 12.4. The molecule has 2 rings (SSSR count). The molecule has 2 N–H and O–H groups in total. The number of rotatable bonds is 4. The largest absolute Gasteiger partial charge is 0.496 e. The second-order valence-electron chi connectivity index (χ2n) is 4.81. The van der Waals surface area contributed by atoms with Gasteiger partial charge in [-0.1, -0.05) is 6.07 Å². The number of methoxy groups -OCH3 is 1. The molecule has 0 atom stereocenters. The van der Waals surface area contributed by atoms with E-state index in [1.54, 1.807) is 32.0 Å². The van der Waals surface area contributed by atoms with Gasteiger partial charge < -0.3 is 14.9 Å². The van der Waals surface area contributed by atoms with Crippen LogP contribution >= 0.6 is 0 Å². The molecule has 6 nitrogen and oxygen atoms in total. The third kappa shape index (κ3) is 2.76. The van der Waals surface area contributed by atoms with E-state index >= 15 is 0 Å². The van der Waals surface area contributed by atoms with Crippen molar-refractivity contribution in [2.45, 2.75) is 13.8 Å². The monoisotopic (exact) mass is 301 g/mol. The van der Waals surface area contributed by atoms with Gasteiger partial charge in [0.1, 0.15) is 11.3 Å². The summed E-state index contributed by atoms with van der Waals surface area (Å²) in [6.45, 7) is 3.33. The van der Waals surface area contributed by atoms with Gasteiger partial charge in [-0.05, 0) is 37.6 Å². The van der Waals surface area contributed by atoms with Gasteiger partial charge in [-0.2, -0.15) is 0 Å². The molecule has 0 saturated heterocycles. The molecule has 0 fully saturated rings. The Hall–Kier alpha value is -2.89. The third-order valence-corrected chi connectivity index (χ3v) is 3.34. The summed E-state index contributed by atoms with van der Waals surface area (Å²) >= 11 is 0. The number of carboxylic acids is 2. The lowest BCUT2D eigenvalue weighted by Crippen LogP contribution is -2.06. The molecular weight excluding hydrogens is 286 g/mol. The van der Waals surface area contributed by atoms with Crippen LogP contribution in [0.1, 0.15) is 32.0 Å². The molecule has 0 radical (unpaired) electrons. The van der Waals surface area contributed by atoms with Crippen molar-refractivity contribution in [3.63, 3.8) is 0 Å². The fourth-order valence-electron chi connectivity index (χ4n) is 2.33. The summed E-state index contributed by atoms with van der Waals surface area (Å²) in [5, 5.41) is 18.2. The fraction of sp³-hybridized carbons (Fsp3) is 0.188. The second-order valence-corrected chi connectivity index (χ2v) is 4.81. The summed E-state index contributed by atoms with van der Waals surface area (Å²) in [4.78, 5) is 26.6. The Morgan fingerprint density at radius 2 is 1.77 bits per heavy atom. The van der Waals surface area contributed by atoms with E-state index in [1.165, 1.54) is 13.2 Å². The van der Waals surface area contributed by atoms with Crippen molar-refractivity contribution < 1.29 is 24.5 Å². The minimum absolute atomic E-state index is 0.0573. The quantitative estimate of drug-likeness (QED) is 0.901. The molecule has 1 heterocycles. The second kappa shape index (κ2) is 5.85. The summed E-state index contributed by atoms with van der Waals surface area (Å²) in [6.07, 6.45) is 0. The number of aromatic carboxylic acids is 2. The lowest BCUT2D eigenvalue weighted by Gasteiger charge is -2.11. The lowest BCUT2D eigenvalue weighted by atomic mass is 10.0. The maximum absolute atomic E-state index is 11.2. The maximum Gasteiger partial charge on any atom is 0.339 e. The number of aryl methyl sites for hydroxylation is 2. The van der Waals surface area contributed by atoms with E-state index < -0.39 is 11.9 Å². The van der Waals surface area contributed by atoms with Crippen molar-refractivity contribution in [2.75, 3.05) is 7.11 Å². The molecule has 114 valence electrons. The molecule has 1 aromatic carbocycles. The Labute approximate surface area is 127 Å². The molecule has 0 bridgehead atoms. The van der Waals surface area contributed by atoms with E-state index in [0.29, 0.717) is 22.5 Å². The van der Waals surface area contributed by atoms with Crippen LogP contribution in [0.2, 0.25) is 0 Å². The Kier molecular flexibility index (Phi) is 4.12. The Bertz CT molecular complexity index is 744. The van der Waals surface area contributed by atoms with Gasteiger partial charge in [0, 0.05) is 5.56 Å². The maximum atomic E-state index is 11.2. The van der Waals surface area contributed by atoms with Crippen molar-refractivity contribution in [1.29, 1.82) is 0 Å². The fourth-order valence-corrected chi connectivity index (χ4v) is 2.33. The first-order chi connectivity index (χ1) is 10.3. The predicted molar refractivity (Wildman–Crippen MR) is 79.6 cm³/mol. The van der Waals surface area contributed by atoms with Crippen LogP contribution < -0.4 is 4.74 Å². The number of ether oxygens (including phenoxy) is 1. The zero-order chi connectivity index (χ0) is 16.4. The van der Waals surface area contributed by atoms with Crippen LogP contribution in [0, 0.1) is 13.8 Å². The highest BCUT2D eigenvalue weighted by molar-refractivity contribution is 5.92. The molecule has 22 heavy (non-hydrogen) atoms. The molecule has 0 saturated carbocycles. The minimum atomic E-state index is -1.08. The van der Waals surface area contributed by atoms with Crippen molar-refractivity contribution >= 4 is 11.9 Å². The number of hydrogen-bond donors (Lipinski definition) is 2. The molecule has 0 aliphatic heterocycles. The highest BCUT2D eigenvalue weighted by Crippen LogP contribution is 2.28. The van der Waals surface area contributed by atoms with Crippen molar-refractivity contribution in [3.8, 4) is 17.0 Å². The minimum Gasteiger partial charge on any atom is -0.496 e. The van der Waals surface area contributed by atoms with Crippen molar-refractivity contribution in [2.24, 2.45) is 0 Å². The average Bonchev–Trinajstić information content (AvgIpc) is 2.45. The number of nitrogens with zero attached hydrogens (tertiary/aromatic N) is 1. The Morgan fingerprint density at radius 3 is 2.27 bits per heavy atom. The smallest absolute Gasteiger partial charge is 0.339 e. The van der Waals surface area contributed by atoms with Crippen LogP contribution in [-0.4, -0.2) is 34.2 Å². The third-order valence-electron chi connectivity index (χ3n) is 3.34. The first-order valence-electron chi connectivity index (χ1n) is 6.48. The van der Waals surface area contributed by atoms with Crippen LogP contribution in [0.25, 0.3) is 11.3 Å². The van der Waals surface area contributed by atoms with Gasteiger partial charge in [0.25, 0.3) is 0 Å². The number of aromatic nitrogens is 1. The van der Waals surface area contributed by atoms with E-state index in [0.717, 1.165) is 0 Å². The van der Waals surface area contributed by atoms with Crippen LogP contribution in [0.5, 0.6) is 5.75 Å². The Morgan fingerprint density at radius 1 is 1.09 bits per heavy atom. The topological polar surface area (TPSA) is 96.7 Å². The van der Waals surface area contributed by atoms with E-state index in [4.69, 9.17) is 14.9 Å². The SMILES string of the molecule is COc1cc(-c2cc(C)c(C(=O)O)c(C)n2)ccc1C(=O)O. The molecule has 1 aromatic heterocycles. The summed E-state index contributed by atoms with van der Waals surface area (Å²) in [5.41, 5.74) is 2.46. The van der Waals surface area contributed by atoms with Gasteiger partial charge in [-0.3, -0.25) is 4.98 Å². The van der Waals surface area contributed by atoms with Gasteiger partial charge >= 0.3 is 11.9 Å². The molecule has 2 aromatic rings. The number of benzene rings is 1. The summed E-state index contributed by atoms with van der Waals surface area (Å²) in [5.74, 6) is -1.87. The summed E-state index contributed by atoms with van der Waals surface area (Å²) < 4.78 is 5.09. The van der Waals surface area contributed by atoms with Crippen molar-refractivity contribution in [1.82, 2.24) is 4.98 Å². The van der Waals surface area contributed by atoms with Gasteiger partial charge in [0.15, 0.2) is 0 Å². The molecule has 6 heteroatoms. The number of pyridine rings is 1. The Balaban J connectivity index is 2.58. The van der Waals surface area contributed by atoms with Crippen LogP contribution in [0.15, 0.2) is 24.3 Å². The molecule has 0 spiro atoms. The number of hydrogen-bond acceptors (Lipinski definition) is 4. The summed E-state index contributed by atoms with van der Waals surface area (Å²) in [7, 11) is 1.39. The highest BCUT2D eigenvalue weighted by Gasteiger charge is 2.16. The van der Waals surface area contributed by atoms with Crippen LogP contribution in [0.3, 0.4) is 0 Å². The molecule has 0 amide bonds. The average molecular weight is 301 g/mol. The first kappa shape index (κ1) is 15.5. The van der Waals surface area contributed by atoms with Gasteiger partial charge in [-0.25, -0.2) is 9.59 Å². The molecule has 0 aliphatic rings. The molecular formula is C16H15NO5. The normalized spacial score (nSPS) is 10.3. The van der Waals surface area contributed by atoms with Gasteiger partial charge in [-0.15, -0.1) is 0 Å². The highest BCUT2D eigenvalue weighted by atomic mass is 16.5. The van der Waals surface area contributed by atoms with E-state index in [9.17, 15) is 9.59 Å². The molecule has 0 aliphatic carbocycles. The first-order valence-corrected chi connectivity index (χ1v) is 6.48.